The second-order valence-electron chi connectivity index (χ2n) is 22.4. The SMILES string of the molecule is CC/C=C\C/C=C\C/C=C\C/C=C\C/C=C\CCCC(=O)OC1C(OCC(COC(=O)CCCCCCCCCCC/C=C\C/C=C\CCCCC)OC(=O)CCCCCCCCC/C=C\CCCCCCCC)OC(C(=O)O)C(O)C1O. The van der Waals surface area contributed by atoms with E-state index in [9.17, 15) is 34.5 Å². The summed E-state index contributed by atoms with van der Waals surface area (Å²) in [5, 5.41) is 31.6. The zero-order valence-corrected chi connectivity index (χ0v) is 52.4. The lowest BCUT2D eigenvalue weighted by molar-refractivity contribution is -0.301. The largest absolute Gasteiger partial charge is 0.479 e. The van der Waals surface area contributed by atoms with Crippen LogP contribution in [0.4, 0.5) is 0 Å². The van der Waals surface area contributed by atoms with Crippen molar-refractivity contribution in [3.8, 4) is 0 Å². The molecule has 1 heterocycles. The predicted octanol–water partition coefficient (Wildman–Crippen LogP) is 18.0. The van der Waals surface area contributed by atoms with Gasteiger partial charge in [-0.25, -0.2) is 4.79 Å². The Morgan fingerprint density at radius 3 is 1.23 bits per heavy atom. The van der Waals surface area contributed by atoms with E-state index < -0.39 is 67.3 Å². The van der Waals surface area contributed by atoms with Crippen molar-refractivity contribution in [1.82, 2.24) is 0 Å². The highest BCUT2D eigenvalue weighted by molar-refractivity contribution is 5.74. The molecule has 6 unspecified atom stereocenters. The van der Waals surface area contributed by atoms with Gasteiger partial charge >= 0.3 is 23.9 Å². The number of hydrogen-bond donors (Lipinski definition) is 3. The Bertz CT molecular complexity index is 1810. The van der Waals surface area contributed by atoms with Crippen LogP contribution in [0.1, 0.15) is 278 Å². The summed E-state index contributed by atoms with van der Waals surface area (Å²) in [7, 11) is 0. The van der Waals surface area contributed by atoms with E-state index in [1.807, 2.05) is 12.2 Å². The highest BCUT2D eigenvalue weighted by Gasteiger charge is 2.50. The van der Waals surface area contributed by atoms with Gasteiger partial charge < -0.3 is 39.0 Å². The summed E-state index contributed by atoms with van der Waals surface area (Å²) >= 11 is 0. The summed E-state index contributed by atoms with van der Waals surface area (Å²) in [6.07, 6.45) is 65.1. The molecule has 12 heteroatoms. The molecule has 1 aliphatic heterocycles. The zero-order chi connectivity index (χ0) is 60.3. The highest BCUT2D eigenvalue weighted by Crippen LogP contribution is 2.26. The lowest BCUT2D eigenvalue weighted by Gasteiger charge is -2.40. The molecule has 1 fully saturated rings. The lowest BCUT2D eigenvalue weighted by atomic mass is 9.98. The minimum Gasteiger partial charge on any atom is -0.479 e. The lowest BCUT2D eigenvalue weighted by Crippen LogP contribution is -2.61. The van der Waals surface area contributed by atoms with E-state index in [1.54, 1.807) is 0 Å². The summed E-state index contributed by atoms with van der Waals surface area (Å²) in [4.78, 5) is 51.4. The van der Waals surface area contributed by atoms with Crippen LogP contribution in [0.25, 0.3) is 0 Å². The number of aliphatic hydroxyl groups is 2. The third-order valence-electron chi connectivity index (χ3n) is 14.6. The van der Waals surface area contributed by atoms with Crippen LogP contribution >= 0.6 is 0 Å². The Labute approximate surface area is 504 Å². The Morgan fingerprint density at radius 2 is 0.771 bits per heavy atom. The number of rotatable bonds is 56. The normalized spacial score (nSPS) is 18.2. The maximum atomic E-state index is 13.2. The van der Waals surface area contributed by atoms with E-state index in [4.69, 9.17) is 23.7 Å². The molecule has 0 saturated carbocycles. The molecule has 3 N–H and O–H groups in total. The first-order valence-electron chi connectivity index (χ1n) is 33.2. The van der Waals surface area contributed by atoms with Gasteiger partial charge in [0.05, 0.1) is 6.61 Å². The Kier molecular flexibility index (Phi) is 53.6. The second kappa shape index (κ2) is 58.0. The van der Waals surface area contributed by atoms with Crippen LogP contribution in [0.3, 0.4) is 0 Å². The van der Waals surface area contributed by atoms with Crippen LogP contribution in [-0.2, 0) is 42.9 Å². The van der Waals surface area contributed by atoms with Gasteiger partial charge in [-0.3, -0.25) is 14.4 Å². The van der Waals surface area contributed by atoms with Crippen LogP contribution in [0.2, 0.25) is 0 Å². The fourth-order valence-corrected chi connectivity index (χ4v) is 9.55. The van der Waals surface area contributed by atoms with E-state index in [0.717, 1.165) is 96.3 Å². The first-order valence-corrected chi connectivity index (χ1v) is 33.2. The van der Waals surface area contributed by atoms with Gasteiger partial charge in [-0.1, -0.05) is 240 Å². The van der Waals surface area contributed by atoms with Gasteiger partial charge in [-0.2, -0.15) is 0 Å². The van der Waals surface area contributed by atoms with Crippen LogP contribution in [0.5, 0.6) is 0 Å². The summed E-state index contributed by atoms with van der Waals surface area (Å²) < 4.78 is 28.5. The maximum absolute atomic E-state index is 13.2. The minimum atomic E-state index is -1.93. The summed E-state index contributed by atoms with van der Waals surface area (Å²) in [6.45, 7) is 5.85. The first kappa shape index (κ1) is 76.7. The molecule has 0 aromatic heterocycles. The minimum absolute atomic E-state index is 0.0217. The number of ether oxygens (including phenoxy) is 5. The van der Waals surface area contributed by atoms with E-state index in [-0.39, 0.29) is 25.9 Å². The van der Waals surface area contributed by atoms with Gasteiger partial charge in [0.15, 0.2) is 24.6 Å². The quantitative estimate of drug-likeness (QED) is 0.0228. The summed E-state index contributed by atoms with van der Waals surface area (Å²) in [5.41, 5.74) is 0. The average Bonchev–Trinajstić information content (AvgIpc) is 3.55. The van der Waals surface area contributed by atoms with Crippen LogP contribution in [-0.4, -0.2) is 89.2 Å². The number of unbranched alkanes of at least 4 members (excludes halogenated alkanes) is 26. The molecule has 6 atom stereocenters. The Balaban J connectivity index is 2.69. The van der Waals surface area contributed by atoms with Gasteiger partial charge in [0.2, 0.25) is 0 Å². The molecule has 83 heavy (non-hydrogen) atoms. The predicted molar refractivity (Wildman–Crippen MR) is 340 cm³/mol. The van der Waals surface area contributed by atoms with Gasteiger partial charge in [0, 0.05) is 19.3 Å². The second-order valence-corrected chi connectivity index (χ2v) is 22.4. The van der Waals surface area contributed by atoms with Crippen molar-refractivity contribution in [2.75, 3.05) is 13.2 Å². The number of carbonyl (C=O) groups excluding carboxylic acids is 3. The summed E-state index contributed by atoms with van der Waals surface area (Å²) in [5.74, 6) is -3.20. The zero-order valence-electron chi connectivity index (χ0n) is 52.4. The van der Waals surface area contributed by atoms with Crippen LogP contribution in [0.15, 0.2) is 97.2 Å². The number of aliphatic hydroxyl groups excluding tert-OH is 2. The molecule has 0 amide bonds. The van der Waals surface area contributed by atoms with Crippen LogP contribution < -0.4 is 0 Å². The van der Waals surface area contributed by atoms with E-state index in [0.29, 0.717) is 25.7 Å². The van der Waals surface area contributed by atoms with Gasteiger partial charge in [0.1, 0.15) is 18.8 Å². The number of carbonyl (C=O) groups is 4. The van der Waals surface area contributed by atoms with Crippen molar-refractivity contribution in [3.63, 3.8) is 0 Å². The number of hydrogen-bond acceptors (Lipinski definition) is 11. The molecule has 1 saturated heterocycles. The number of carboxylic acid groups (broad SMARTS) is 1. The Morgan fingerprint density at radius 1 is 0.410 bits per heavy atom. The third kappa shape index (κ3) is 47.6. The molecule has 12 nitrogen and oxygen atoms in total. The number of allylic oxidation sites excluding steroid dienone is 16. The van der Waals surface area contributed by atoms with Crippen molar-refractivity contribution >= 4 is 23.9 Å². The van der Waals surface area contributed by atoms with E-state index in [1.165, 1.54) is 116 Å². The van der Waals surface area contributed by atoms with Crippen molar-refractivity contribution in [3.05, 3.63) is 97.2 Å². The smallest absolute Gasteiger partial charge is 0.335 e. The van der Waals surface area contributed by atoms with Crippen molar-refractivity contribution in [2.24, 2.45) is 0 Å². The highest BCUT2D eigenvalue weighted by atomic mass is 16.7. The van der Waals surface area contributed by atoms with Crippen LogP contribution in [0, 0.1) is 0 Å². The van der Waals surface area contributed by atoms with Gasteiger partial charge in [-0.05, 0) is 116 Å². The van der Waals surface area contributed by atoms with Crippen molar-refractivity contribution in [1.29, 1.82) is 0 Å². The fraction of sp³-hybridized carbons (Fsp3) is 0.718. The maximum Gasteiger partial charge on any atom is 0.335 e. The standard InChI is InChI=1S/C71H118O12/c1-4-7-10-13-16-19-22-25-28-31-32-35-36-39-42-45-48-51-54-57-63(72)79-60-62(81-64(73)58-55-52-49-46-43-40-37-33-29-26-23-20-17-14-11-8-5-2)61-80-71-69(67(76)66(75)68(83-71)70(77)78)82-65(74)59-56-53-50-47-44-41-38-34-30-27-24-21-18-15-12-9-6-3/h9,12,16,18-19,21,25-30,38,41,47,50,62,66-69,71,75-76H,4-8,10-11,13-15,17,20,22-24,31-37,39-40,42-46,48-49,51-61H2,1-3H3,(H,77,78)/b12-9-,19-16-,21-18-,28-25-,29-26-,30-27-,41-38-,50-47-. The van der Waals surface area contributed by atoms with Crippen molar-refractivity contribution in [2.45, 2.75) is 314 Å². The number of esters is 3. The van der Waals surface area contributed by atoms with E-state index >= 15 is 0 Å². The molecule has 0 aromatic carbocycles. The molecular formula is C71H118O12. The van der Waals surface area contributed by atoms with Gasteiger partial charge in [-0.15, -0.1) is 0 Å². The molecule has 0 aromatic rings. The number of carboxylic acids is 1. The fourth-order valence-electron chi connectivity index (χ4n) is 9.55. The first-order chi connectivity index (χ1) is 40.6. The molecule has 1 rings (SSSR count). The van der Waals surface area contributed by atoms with Gasteiger partial charge in [0.25, 0.3) is 0 Å². The topological polar surface area (TPSA) is 175 Å². The molecule has 0 spiro atoms. The molecule has 1 aliphatic rings. The molecular weight excluding hydrogens is 1040 g/mol. The molecule has 0 bridgehead atoms. The molecule has 0 aliphatic carbocycles. The monoisotopic (exact) mass is 1160 g/mol. The summed E-state index contributed by atoms with van der Waals surface area (Å²) in [6, 6.07) is 0. The average molecular weight is 1160 g/mol. The molecule has 474 valence electrons. The third-order valence-corrected chi connectivity index (χ3v) is 14.6. The molecule has 0 radical (unpaired) electrons. The van der Waals surface area contributed by atoms with Crippen molar-refractivity contribution < 1.29 is 58.2 Å². The van der Waals surface area contributed by atoms with E-state index in [2.05, 4.69) is 106 Å². The number of aliphatic carboxylic acids is 1. The Hall–Kier alpha value is -4.36.